The molecule has 0 bridgehead atoms. The Morgan fingerprint density at radius 3 is 2.39 bits per heavy atom. The molecule has 0 aliphatic rings. The average molecular weight is 418 g/mol. The van der Waals surface area contributed by atoms with Gasteiger partial charge in [-0.2, -0.15) is 4.31 Å². The molecule has 0 amide bonds. The van der Waals surface area contributed by atoms with E-state index in [1.807, 2.05) is 43.5 Å². The van der Waals surface area contributed by atoms with Crippen molar-refractivity contribution in [2.75, 3.05) is 25.5 Å². The van der Waals surface area contributed by atoms with Gasteiger partial charge in [0.25, 0.3) is 0 Å². The van der Waals surface area contributed by atoms with Gasteiger partial charge in [-0.15, -0.1) is 11.3 Å². The van der Waals surface area contributed by atoms with Gasteiger partial charge in [0, 0.05) is 24.0 Å². The molecular weight excluding hydrogens is 394 g/mol. The Morgan fingerprint density at radius 1 is 1.07 bits per heavy atom. The number of ether oxygens (including phenoxy) is 1. The van der Waals surface area contributed by atoms with Crippen LogP contribution in [0.4, 0.5) is 10.8 Å². The van der Waals surface area contributed by atoms with Crippen LogP contribution in [0, 0.1) is 0 Å². The molecule has 0 radical (unpaired) electrons. The zero-order chi connectivity index (χ0) is 20.1. The molecule has 0 spiro atoms. The fourth-order valence-corrected chi connectivity index (χ4v) is 5.03. The molecule has 2 aromatic carbocycles. The highest BCUT2D eigenvalue weighted by Gasteiger charge is 2.21. The van der Waals surface area contributed by atoms with Crippen LogP contribution in [-0.4, -0.2) is 37.9 Å². The molecule has 148 valence electrons. The number of benzene rings is 2. The standard InChI is InChI=1S/C20H23N3O3S2/c1-4-23(5-2)28(24,25)16-12-10-15(11-13-16)18-14-27-20(22-18)21-17-8-6-7-9-19(17)26-3/h6-14H,4-5H2,1-3H3,(H,21,22). The number of para-hydroxylation sites is 2. The van der Waals surface area contributed by atoms with Crippen LogP contribution in [0.2, 0.25) is 0 Å². The molecule has 28 heavy (non-hydrogen) atoms. The number of hydrogen-bond acceptors (Lipinski definition) is 6. The number of anilines is 2. The Hall–Kier alpha value is -2.42. The molecule has 0 aliphatic carbocycles. The topological polar surface area (TPSA) is 71.5 Å². The first-order valence-electron chi connectivity index (χ1n) is 8.95. The predicted octanol–water partition coefficient (Wildman–Crippen LogP) is 4.59. The van der Waals surface area contributed by atoms with Gasteiger partial charge in [-0.3, -0.25) is 0 Å². The quantitative estimate of drug-likeness (QED) is 0.580. The molecular formula is C20H23N3O3S2. The van der Waals surface area contributed by atoms with Crippen molar-refractivity contribution in [3.8, 4) is 17.0 Å². The van der Waals surface area contributed by atoms with Gasteiger partial charge in [-0.25, -0.2) is 13.4 Å². The van der Waals surface area contributed by atoms with Crippen LogP contribution in [0.3, 0.4) is 0 Å². The molecule has 0 saturated heterocycles. The van der Waals surface area contributed by atoms with Crippen LogP contribution < -0.4 is 10.1 Å². The fraction of sp³-hybridized carbons (Fsp3) is 0.250. The SMILES string of the molecule is CCN(CC)S(=O)(=O)c1ccc(-c2csc(Nc3ccccc3OC)n2)cc1. The van der Waals surface area contributed by atoms with Crippen molar-refractivity contribution >= 4 is 32.2 Å². The maximum Gasteiger partial charge on any atom is 0.243 e. The molecule has 8 heteroatoms. The fourth-order valence-electron chi connectivity index (χ4n) is 2.84. The smallest absolute Gasteiger partial charge is 0.243 e. The predicted molar refractivity (Wildman–Crippen MR) is 114 cm³/mol. The largest absolute Gasteiger partial charge is 0.495 e. The third-order valence-corrected chi connectivity index (χ3v) is 7.17. The lowest BCUT2D eigenvalue weighted by atomic mass is 10.2. The number of rotatable bonds is 8. The lowest BCUT2D eigenvalue weighted by Gasteiger charge is -2.18. The van der Waals surface area contributed by atoms with E-state index in [2.05, 4.69) is 10.3 Å². The van der Waals surface area contributed by atoms with Gasteiger partial charge in [-0.1, -0.05) is 38.1 Å². The van der Waals surface area contributed by atoms with E-state index in [0.717, 1.165) is 27.8 Å². The van der Waals surface area contributed by atoms with E-state index in [0.29, 0.717) is 18.0 Å². The van der Waals surface area contributed by atoms with E-state index in [1.54, 1.807) is 31.4 Å². The normalized spacial score (nSPS) is 11.6. The average Bonchev–Trinajstić information content (AvgIpc) is 3.18. The summed E-state index contributed by atoms with van der Waals surface area (Å²) in [5.74, 6) is 0.741. The van der Waals surface area contributed by atoms with Crippen LogP contribution in [0.25, 0.3) is 11.3 Å². The number of aromatic nitrogens is 1. The minimum atomic E-state index is -3.45. The third kappa shape index (κ3) is 4.19. The molecule has 1 N–H and O–H groups in total. The van der Waals surface area contributed by atoms with Crippen molar-refractivity contribution in [3.63, 3.8) is 0 Å². The summed E-state index contributed by atoms with van der Waals surface area (Å²) in [6, 6.07) is 14.5. The number of hydrogen-bond donors (Lipinski definition) is 1. The van der Waals surface area contributed by atoms with E-state index < -0.39 is 10.0 Å². The molecule has 0 unspecified atom stereocenters. The number of methoxy groups -OCH3 is 1. The number of thiazole rings is 1. The minimum Gasteiger partial charge on any atom is -0.495 e. The molecule has 0 fully saturated rings. The first kappa shape index (κ1) is 20.3. The lowest BCUT2D eigenvalue weighted by molar-refractivity contribution is 0.417. The monoisotopic (exact) mass is 417 g/mol. The second-order valence-electron chi connectivity index (χ2n) is 5.98. The van der Waals surface area contributed by atoms with E-state index in [9.17, 15) is 8.42 Å². The summed E-state index contributed by atoms with van der Waals surface area (Å²) in [5.41, 5.74) is 2.49. The molecule has 3 rings (SSSR count). The first-order valence-corrected chi connectivity index (χ1v) is 11.3. The Labute approximate surface area is 169 Å². The maximum absolute atomic E-state index is 12.6. The number of nitrogens with zero attached hydrogens (tertiary/aromatic N) is 2. The van der Waals surface area contributed by atoms with Gasteiger partial charge in [0.05, 0.1) is 23.4 Å². The van der Waals surface area contributed by atoms with Crippen LogP contribution in [0.5, 0.6) is 5.75 Å². The van der Waals surface area contributed by atoms with Crippen LogP contribution >= 0.6 is 11.3 Å². The second kappa shape index (κ2) is 8.72. The lowest BCUT2D eigenvalue weighted by Crippen LogP contribution is -2.30. The van der Waals surface area contributed by atoms with Gasteiger partial charge in [0.1, 0.15) is 5.75 Å². The van der Waals surface area contributed by atoms with Crippen LogP contribution in [0.15, 0.2) is 58.8 Å². The van der Waals surface area contributed by atoms with Crippen molar-refractivity contribution in [1.29, 1.82) is 0 Å². The zero-order valence-electron chi connectivity index (χ0n) is 16.0. The summed E-state index contributed by atoms with van der Waals surface area (Å²) in [6.07, 6.45) is 0. The summed E-state index contributed by atoms with van der Waals surface area (Å²) in [6.45, 7) is 4.57. The highest BCUT2D eigenvalue weighted by atomic mass is 32.2. The molecule has 0 atom stereocenters. The summed E-state index contributed by atoms with van der Waals surface area (Å²) in [7, 11) is -1.83. The Morgan fingerprint density at radius 2 is 1.75 bits per heavy atom. The molecule has 1 heterocycles. The Kier molecular flexibility index (Phi) is 6.33. The summed E-state index contributed by atoms with van der Waals surface area (Å²) >= 11 is 1.48. The Bertz CT molecular complexity index is 1030. The van der Waals surface area contributed by atoms with Crippen LogP contribution in [0.1, 0.15) is 13.8 Å². The third-order valence-electron chi connectivity index (χ3n) is 4.35. The van der Waals surface area contributed by atoms with Crippen molar-refractivity contribution in [1.82, 2.24) is 9.29 Å². The zero-order valence-corrected chi connectivity index (χ0v) is 17.7. The van der Waals surface area contributed by atoms with Gasteiger partial charge < -0.3 is 10.1 Å². The summed E-state index contributed by atoms with van der Waals surface area (Å²) in [5, 5.41) is 5.93. The highest BCUT2D eigenvalue weighted by molar-refractivity contribution is 7.89. The van der Waals surface area contributed by atoms with Crippen molar-refractivity contribution in [2.24, 2.45) is 0 Å². The highest BCUT2D eigenvalue weighted by Crippen LogP contribution is 2.31. The van der Waals surface area contributed by atoms with Crippen LogP contribution in [-0.2, 0) is 10.0 Å². The second-order valence-corrected chi connectivity index (χ2v) is 8.77. The van der Waals surface area contributed by atoms with Crippen molar-refractivity contribution < 1.29 is 13.2 Å². The van der Waals surface area contributed by atoms with Gasteiger partial charge >= 0.3 is 0 Å². The van der Waals surface area contributed by atoms with E-state index >= 15 is 0 Å². The van der Waals surface area contributed by atoms with Crippen molar-refractivity contribution in [2.45, 2.75) is 18.7 Å². The van der Waals surface area contributed by atoms with E-state index in [-0.39, 0.29) is 0 Å². The van der Waals surface area contributed by atoms with E-state index in [4.69, 9.17) is 4.74 Å². The molecule has 1 aromatic heterocycles. The Balaban J connectivity index is 1.80. The molecule has 0 saturated carbocycles. The van der Waals surface area contributed by atoms with Gasteiger partial charge in [-0.05, 0) is 24.3 Å². The molecule has 3 aromatic rings. The van der Waals surface area contributed by atoms with Gasteiger partial charge in [0.15, 0.2) is 5.13 Å². The minimum absolute atomic E-state index is 0.294. The number of nitrogens with one attached hydrogen (secondary N) is 1. The maximum atomic E-state index is 12.6. The van der Waals surface area contributed by atoms with E-state index in [1.165, 1.54) is 15.6 Å². The number of sulfonamides is 1. The summed E-state index contributed by atoms with van der Waals surface area (Å²) in [4.78, 5) is 4.90. The van der Waals surface area contributed by atoms with Gasteiger partial charge in [0.2, 0.25) is 10.0 Å². The first-order chi connectivity index (χ1) is 13.5. The van der Waals surface area contributed by atoms with Crippen molar-refractivity contribution in [3.05, 3.63) is 53.9 Å². The molecule has 0 aliphatic heterocycles. The summed E-state index contributed by atoms with van der Waals surface area (Å²) < 4.78 is 32.0. The molecule has 6 nitrogen and oxygen atoms in total.